The molecule has 0 aromatic carbocycles. The molecule has 0 spiro atoms. The fraction of sp³-hybridized carbons (Fsp3) is 0.900. The number of carbonyl (C=O) groups is 1. The summed E-state index contributed by atoms with van der Waals surface area (Å²) in [6, 6.07) is 0. The van der Waals surface area contributed by atoms with Gasteiger partial charge in [0, 0.05) is 11.3 Å². The van der Waals surface area contributed by atoms with Crippen molar-refractivity contribution in [2.75, 3.05) is 6.61 Å². The highest BCUT2D eigenvalue weighted by Crippen LogP contribution is 2.75. The molecule has 5 aliphatic rings. The van der Waals surface area contributed by atoms with Crippen LogP contribution >= 0.6 is 0 Å². The van der Waals surface area contributed by atoms with Gasteiger partial charge in [0.25, 0.3) is 0 Å². The van der Waals surface area contributed by atoms with E-state index in [4.69, 9.17) is 0 Å². The summed E-state index contributed by atoms with van der Waals surface area (Å²) < 4.78 is 0. The molecular weight excluding hydrogens is 456 g/mol. The van der Waals surface area contributed by atoms with Gasteiger partial charge in [0.1, 0.15) is 0 Å². The second-order valence-corrected chi connectivity index (χ2v) is 15.0. The number of allylic oxidation sites excluding steroid dienone is 1. The highest BCUT2D eigenvalue weighted by molar-refractivity contribution is 5.77. The molecule has 4 saturated carbocycles. The van der Waals surface area contributed by atoms with E-state index < -0.39 is 35.1 Å². The number of hydrogen-bond donors (Lipinski definition) is 5. The molecule has 6 heteroatoms. The Morgan fingerprint density at radius 2 is 1.56 bits per heavy atom. The third-order valence-corrected chi connectivity index (χ3v) is 13.4. The number of aliphatic hydroxyl groups excluding tert-OH is 4. The zero-order valence-electron chi connectivity index (χ0n) is 23.0. The van der Waals surface area contributed by atoms with Crippen LogP contribution in [0.3, 0.4) is 0 Å². The van der Waals surface area contributed by atoms with Crippen molar-refractivity contribution in [3.63, 3.8) is 0 Å². The number of aliphatic carboxylic acids is 1. The van der Waals surface area contributed by atoms with Gasteiger partial charge in [-0.2, -0.15) is 0 Å². The van der Waals surface area contributed by atoms with Gasteiger partial charge in [-0.05, 0) is 84.9 Å². The summed E-state index contributed by atoms with van der Waals surface area (Å²) in [5.74, 6) is -0.833. The van der Waals surface area contributed by atoms with Gasteiger partial charge in [-0.25, -0.2) is 0 Å². The van der Waals surface area contributed by atoms with Crippen molar-refractivity contribution in [1.29, 1.82) is 0 Å². The first kappa shape index (κ1) is 26.6. The van der Waals surface area contributed by atoms with Gasteiger partial charge < -0.3 is 25.5 Å². The van der Waals surface area contributed by atoms with Crippen molar-refractivity contribution < 1.29 is 30.3 Å². The van der Waals surface area contributed by atoms with Crippen molar-refractivity contribution in [1.82, 2.24) is 0 Å². The van der Waals surface area contributed by atoms with Crippen LogP contribution in [0.5, 0.6) is 0 Å². The molecule has 0 aromatic heterocycles. The van der Waals surface area contributed by atoms with Crippen LogP contribution in [0.15, 0.2) is 11.6 Å². The number of rotatable bonds is 2. The van der Waals surface area contributed by atoms with Crippen LogP contribution in [-0.2, 0) is 4.79 Å². The van der Waals surface area contributed by atoms with Crippen LogP contribution in [0.4, 0.5) is 0 Å². The summed E-state index contributed by atoms with van der Waals surface area (Å²) in [4.78, 5) is 12.8. The molecule has 0 radical (unpaired) electrons. The predicted molar refractivity (Wildman–Crippen MR) is 137 cm³/mol. The van der Waals surface area contributed by atoms with Gasteiger partial charge in [-0.15, -0.1) is 0 Å². The first-order valence-electron chi connectivity index (χ1n) is 14.1. The zero-order chi connectivity index (χ0) is 26.7. The lowest BCUT2D eigenvalue weighted by molar-refractivity contribution is -0.245. The third kappa shape index (κ3) is 2.96. The van der Waals surface area contributed by atoms with Crippen molar-refractivity contribution in [2.45, 2.75) is 111 Å². The first-order chi connectivity index (χ1) is 16.5. The van der Waals surface area contributed by atoms with E-state index in [2.05, 4.69) is 40.7 Å². The van der Waals surface area contributed by atoms with E-state index in [9.17, 15) is 30.3 Å². The average Bonchev–Trinajstić information content (AvgIpc) is 2.80. The molecule has 204 valence electrons. The Hall–Kier alpha value is -0.950. The molecular formula is C30H48O6. The number of hydrogen-bond acceptors (Lipinski definition) is 5. The molecule has 0 unspecified atom stereocenters. The minimum atomic E-state index is -0.944. The number of fused-ring (bicyclic) bond motifs is 7. The van der Waals surface area contributed by atoms with E-state index in [1.165, 1.54) is 0 Å². The standard InChI is InChI=1S/C30H48O6/c1-25(2)11-13-30(24(35)36)14-12-28(5)17(21(30)23(25)34)7-8-20-26(3)15-18(32)22(33)27(4,16-31)19(26)9-10-29(20,28)6/h7,18-23,31-34H,8-16H2,1-6H3,(H,35,36)/t18-,19+,20-,21+,22+,23+,26+,27+,28-,29-,30+/m1/s1. The molecule has 0 aliphatic heterocycles. The zero-order valence-corrected chi connectivity index (χ0v) is 23.0. The van der Waals surface area contributed by atoms with Crippen molar-refractivity contribution >= 4 is 5.97 Å². The lowest BCUT2D eigenvalue weighted by Gasteiger charge is -2.71. The molecule has 36 heavy (non-hydrogen) atoms. The first-order valence-corrected chi connectivity index (χ1v) is 14.1. The van der Waals surface area contributed by atoms with Crippen LogP contribution < -0.4 is 0 Å². The summed E-state index contributed by atoms with van der Waals surface area (Å²) >= 11 is 0. The highest BCUT2D eigenvalue weighted by Gasteiger charge is 2.71. The summed E-state index contributed by atoms with van der Waals surface area (Å²) in [6.07, 6.45) is 5.48. The minimum absolute atomic E-state index is 0.0888. The summed E-state index contributed by atoms with van der Waals surface area (Å²) in [7, 11) is 0. The largest absolute Gasteiger partial charge is 0.481 e. The quantitative estimate of drug-likeness (QED) is 0.361. The Morgan fingerprint density at radius 1 is 0.917 bits per heavy atom. The van der Waals surface area contributed by atoms with Gasteiger partial charge in [0.2, 0.25) is 0 Å². The molecule has 5 rings (SSSR count). The van der Waals surface area contributed by atoms with Crippen molar-refractivity contribution in [2.24, 2.45) is 50.2 Å². The molecule has 0 heterocycles. The Labute approximate surface area is 216 Å². The van der Waals surface area contributed by atoms with Gasteiger partial charge in [-0.1, -0.05) is 53.2 Å². The molecule has 4 fully saturated rings. The van der Waals surface area contributed by atoms with Gasteiger partial charge in [0.05, 0.1) is 30.3 Å². The molecule has 11 atom stereocenters. The molecule has 5 aliphatic carbocycles. The second-order valence-electron chi connectivity index (χ2n) is 15.0. The molecule has 5 N–H and O–H groups in total. The maximum absolute atomic E-state index is 12.8. The lowest BCUT2D eigenvalue weighted by Crippen LogP contribution is -2.69. The lowest BCUT2D eigenvalue weighted by atomic mass is 9.33. The Balaban J connectivity index is 1.63. The van der Waals surface area contributed by atoms with E-state index in [0.29, 0.717) is 25.7 Å². The average molecular weight is 505 g/mol. The Morgan fingerprint density at radius 3 is 2.17 bits per heavy atom. The highest BCUT2D eigenvalue weighted by atomic mass is 16.4. The van der Waals surface area contributed by atoms with Gasteiger partial charge in [0.15, 0.2) is 0 Å². The SMILES string of the molecule is CC1(C)CC[C@]2(C(=O)O)CC[C@]3(C)C(=CC[C@@H]4[C@@]5(C)C[C@@H](O)[C@H](O)[C@@](C)(CO)[C@H]5CC[C@]43C)[C@H]2[C@@H]1O. The summed E-state index contributed by atoms with van der Waals surface area (Å²) in [5, 5.41) is 54.5. The maximum atomic E-state index is 12.8. The normalized spacial score (nSPS) is 55.9. The Kier molecular flexibility index (Phi) is 5.77. The van der Waals surface area contributed by atoms with Crippen LogP contribution in [0.25, 0.3) is 0 Å². The third-order valence-electron chi connectivity index (χ3n) is 13.4. The van der Waals surface area contributed by atoms with Crippen LogP contribution in [0.2, 0.25) is 0 Å². The fourth-order valence-corrected chi connectivity index (χ4v) is 10.8. The Bertz CT molecular complexity index is 974. The molecule has 0 aromatic rings. The van der Waals surface area contributed by atoms with Crippen molar-refractivity contribution in [3.8, 4) is 0 Å². The number of carboxylic acid groups (broad SMARTS) is 1. The smallest absolute Gasteiger partial charge is 0.310 e. The van der Waals surface area contributed by atoms with Crippen LogP contribution in [0, 0.1) is 50.2 Å². The predicted octanol–water partition coefficient (Wildman–Crippen LogP) is 4.15. The van der Waals surface area contributed by atoms with Gasteiger partial charge >= 0.3 is 5.97 Å². The van der Waals surface area contributed by atoms with E-state index >= 15 is 0 Å². The topological polar surface area (TPSA) is 118 Å². The fourth-order valence-electron chi connectivity index (χ4n) is 10.8. The summed E-state index contributed by atoms with van der Waals surface area (Å²) in [5.41, 5.74) is -1.50. The number of carboxylic acids is 1. The molecule has 6 nitrogen and oxygen atoms in total. The van der Waals surface area contributed by atoms with Crippen LogP contribution in [-0.4, -0.2) is 56.4 Å². The van der Waals surface area contributed by atoms with E-state index in [-0.39, 0.29) is 46.0 Å². The second kappa shape index (κ2) is 7.80. The molecule has 0 amide bonds. The van der Waals surface area contributed by atoms with Gasteiger partial charge in [-0.3, -0.25) is 4.79 Å². The maximum Gasteiger partial charge on any atom is 0.310 e. The van der Waals surface area contributed by atoms with E-state index in [1.807, 2.05) is 6.92 Å². The van der Waals surface area contributed by atoms with Crippen molar-refractivity contribution in [3.05, 3.63) is 11.6 Å². The van der Waals surface area contributed by atoms with E-state index in [1.54, 1.807) is 0 Å². The van der Waals surface area contributed by atoms with Crippen LogP contribution in [0.1, 0.15) is 92.9 Å². The number of aliphatic hydroxyl groups is 4. The monoisotopic (exact) mass is 504 g/mol. The summed E-state index contributed by atoms with van der Waals surface area (Å²) in [6.45, 7) is 12.9. The van der Waals surface area contributed by atoms with E-state index in [0.717, 1.165) is 31.3 Å². The molecule has 0 saturated heterocycles. The molecule has 0 bridgehead atoms. The minimum Gasteiger partial charge on any atom is -0.481 e.